The summed E-state index contributed by atoms with van der Waals surface area (Å²) in [6.45, 7) is 4.85. The molecular formula is C18H21N3O. The van der Waals surface area contributed by atoms with Gasteiger partial charge in [-0.15, -0.1) is 10.2 Å². The highest BCUT2D eigenvalue weighted by atomic mass is 16.4. The topological polar surface area (TPSA) is 42.2 Å². The van der Waals surface area contributed by atoms with Gasteiger partial charge in [0, 0.05) is 13.5 Å². The van der Waals surface area contributed by atoms with Crippen LogP contribution in [0.5, 0.6) is 0 Å². The Labute approximate surface area is 130 Å². The largest absolute Gasteiger partial charge is 0.424 e. The molecule has 0 fully saturated rings. The maximum atomic E-state index is 5.52. The van der Waals surface area contributed by atoms with Gasteiger partial charge in [0.2, 0.25) is 11.8 Å². The van der Waals surface area contributed by atoms with Crippen LogP contribution in [-0.4, -0.2) is 28.7 Å². The predicted molar refractivity (Wildman–Crippen MR) is 87.7 cm³/mol. The van der Waals surface area contributed by atoms with Crippen molar-refractivity contribution >= 4 is 10.8 Å². The number of hydrogen-bond donors (Lipinski definition) is 0. The van der Waals surface area contributed by atoms with Crippen molar-refractivity contribution in [2.75, 3.05) is 13.6 Å². The lowest BCUT2D eigenvalue weighted by Crippen LogP contribution is -2.25. The Balaban J connectivity index is 1.71. The summed E-state index contributed by atoms with van der Waals surface area (Å²) in [6, 6.07) is 15.1. The molecule has 1 atom stereocenters. The molecule has 0 saturated heterocycles. The summed E-state index contributed by atoms with van der Waals surface area (Å²) >= 11 is 0. The first kappa shape index (κ1) is 14.7. The number of nitrogens with zero attached hydrogens (tertiary/aromatic N) is 3. The summed E-state index contributed by atoms with van der Waals surface area (Å²) < 4.78 is 5.52. The van der Waals surface area contributed by atoms with E-state index in [2.05, 4.69) is 71.5 Å². The molecule has 0 N–H and O–H groups in total. The van der Waals surface area contributed by atoms with E-state index in [1.165, 1.54) is 16.3 Å². The number of aryl methyl sites for hydroxylation is 1. The standard InChI is InChI=1S/C18H21N3O/c1-13(18-20-19-14(2)22-18)21(3)12-11-16-9-6-8-15-7-4-5-10-17(15)16/h4-10,13H,11-12H2,1-3H3/t13-/m1/s1. The Bertz CT molecular complexity index is 760. The fourth-order valence-corrected chi connectivity index (χ4v) is 2.67. The van der Waals surface area contributed by atoms with E-state index in [4.69, 9.17) is 4.42 Å². The van der Waals surface area contributed by atoms with Crippen LogP contribution in [-0.2, 0) is 6.42 Å². The van der Waals surface area contributed by atoms with Crippen molar-refractivity contribution in [3.63, 3.8) is 0 Å². The smallest absolute Gasteiger partial charge is 0.233 e. The third-order valence-corrected chi connectivity index (χ3v) is 4.17. The summed E-state index contributed by atoms with van der Waals surface area (Å²) in [5, 5.41) is 10.6. The van der Waals surface area contributed by atoms with Gasteiger partial charge in [0.05, 0.1) is 6.04 Å². The molecule has 0 spiro atoms. The van der Waals surface area contributed by atoms with Crippen LogP contribution in [0.4, 0.5) is 0 Å². The number of benzene rings is 2. The zero-order valence-electron chi connectivity index (χ0n) is 13.3. The van der Waals surface area contributed by atoms with Crippen molar-refractivity contribution in [2.45, 2.75) is 26.3 Å². The quantitative estimate of drug-likeness (QED) is 0.718. The molecule has 3 aromatic rings. The van der Waals surface area contributed by atoms with Crippen LogP contribution < -0.4 is 0 Å². The predicted octanol–water partition coefficient (Wildman–Crippen LogP) is 3.77. The first-order valence-corrected chi connectivity index (χ1v) is 7.62. The SMILES string of the molecule is Cc1nnc([C@@H](C)N(C)CCc2cccc3ccccc23)o1. The fraction of sp³-hybridized carbons (Fsp3) is 0.333. The average Bonchev–Trinajstić information content (AvgIpc) is 2.98. The highest BCUT2D eigenvalue weighted by Gasteiger charge is 2.17. The van der Waals surface area contributed by atoms with Crippen LogP contribution in [0.3, 0.4) is 0 Å². The molecule has 4 heteroatoms. The minimum atomic E-state index is 0.121. The molecule has 22 heavy (non-hydrogen) atoms. The molecule has 0 aliphatic rings. The number of hydrogen-bond acceptors (Lipinski definition) is 4. The molecule has 4 nitrogen and oxygen atoms in total. The van der Waals surface area contributed by atoms with Crippen molar-refractivity contribution in [2.24, 2.45) is 0 Å². The molecule has 0 aliphatic heterocycles. The lowest BCUT2D eigenvalue weighted by molar-refractivity contribution is 0.225. The van der Waals surface area contributed by atoms with Crippen molar-refractivity contribution in [1.29, 1.82) is 0 Å². The molecule has 114 valence electrons. The molecule has 0 saturated carbocycles. The number of aromatic nitrogens is 2. The van der Waals surface area contributed by atoms with Gasteiger partial charge in [0.25, 0.3) is 0 Å². The Hall–Kier alpha value is -2.20. The van der Waals surface area contributed by atoms with E-state index >= 15 is 0 Å². The minimum Gasteiger partial charge on any atom is -0.424 e. The van der Waals surface area contributed by atoms with Gasteiger partial charge in [0.1, 0.15) is 0 Å². The van der Waals surface area contributed by atoms with Crippen molar-refractivity contribution in [3.05, 3.63) is 59.8 Å². The van der Waals surface area contributed by atoms with Crippen LogP contribution in [0.25, 0.3) is 10.8 Å². The molecule has 0 bridgehead atoms. The van der Waals surface area contributed by atoms with E-state index in [1.54, 1.807) is 0 Å². The van der Waals surface area contributed by atoms with Gasteiger partial charge in [0.15, 0.2) is 0 Å². The van der Waals surface area contributed by atoms with Crippen molar-refractivity contribution in [3.8, 4) is 0 Å². The average molecular weight is 295 g/mol. The Morgan fingerprint density at radius 2 is 1.86 bits per heavy atom. The summed E-state index contributed by atoms with van der Waals surface area (Å²) in [4.78, 5) is 2.24. The second-order valence-corrected chi connectivity index (χ2v) is 5.70. The van der Waals surface area contributed by atoms with E-state index < -0.39 is 0 Å². The summed E-state index contributed by atoms with van der Waals surface area (Å²) in [5.74, 6) is 1.29. The molecular weight excluding hydrogens is 274 g/mol. The lowest BCUT2D eigenvalue weighted by Gasteiger charge is -2.22. The van der Waals surface area contributed by atoms with Gasteiger partial charge in [-0.2, -0.15) is 0 Å². The maximum absolute atomic E-state index is 5.52. The number of likely N-dealkylation sites (N-methyl/N-ethyl adjacent to an activating group) is 1. The van der Waals surface area contributed by atoms with Crippen molar-refractivity contribution < 1.29 is 4.42 Å². The Morgan fingerprint density at radius 3 is 2.64 bits per heavy atom. The van der Waals surface area contributed by atoms with Gasteiger partial charge in [-0.1, -0.05) is 42.5 Å². The maximum Gasteiger partial charge on any atom is 0.233 e. The molecule has 0 unspecified atom stereocenters. The van der Waals surface area contributed by atoms with E-state index in [1.807, 2.05) is 6.92 Å². The van der Waals surface area contributed by atoms with Gasteiger partial charge in [-0.3, -0.25) is 4.90 Å². The number of rotatable bonds is 5. The van der Waals surface area contributed by atoms with Gasteiger partial charge in [-0.05, 0) is 36.7 Å². The van der Waals surface area contributed by atoms with E-state index in [0.717, 1.165) is 13.0 Å². The summed E-state index contributed by atoms with van der Waals surface area (Å²) in [5.41, 5.74) is 1.37. The molecule has 0 amide bonds. The monoisotopic (exact) mass is 295 g/mol. The molecule has 0 aliphatic carbocycles. The van der Waals surface area contributed by atoms with Crippen LogP contribution in [0.15, 0.2) is 46.9 Å². The first-order valence-electron chi connectivity index (χ1n) is 7.62. The van der Waals surface area contributed by atoms with Gasteiger partial charge in [-0.25, -0.2) is 0 Å². The van der Waals surface area contributed by atoms with Gasteiger partial charge < -0.3 is 4.42 Å². The third-order valence-electron chi connectivity index (χ3n) is 4.17. The van der Waals surface area contributed by atoms with Crippen LogP contribution in [0.1, 0.15) is 30.3 Å². The van der Waals surface area contributed by atoms with Crippen molar-refractivity contribution in [1.82, 2.24) is 15.1 Å². The Morgan fingerprint density at radius 1 is 1.09 bits per heavy atom. The van der Waals surface area contributed by atoms with Crippen LogP contribution in [0.2, 0.25) is 0 Å². The zero-order valence-corrected chi connectivity index (χ0v) is 13.3. The molecule has 3 rings (SSSR count). The fourth-order valence-electron chi connectivity index (χ4n) is 2.67. The molecule has 1 heterocycles. The molecule has 2 aromatic carbocycles. The first-order chi connectivity index (χ1) is 10.6. The summed E-state index contributed by atoms with van der Waals surface area (Å²) in [7, 11) is 2.09. The molecule has 0 radical (unpaired) electrons. The lowest BCUT2D eigenvalue weighted by atomic mass is 10.0. The van der Waals surface area contributed by atoms with Gasteiger partial charge >= 0.3 is 0 Å². The Kier molecular flexibility index (Phi) is 4.20. The van der Waals surface area contributed by atoms with Crippen LogP contribution >= 0.6 is 0 Å². The zero-order chi connectivity index (χ0) is 15.5. The summed E-state index contributed by atoms with van der Waals surface area (Å²) in [6.07, 6.45) is 0.995. The minimum absolute atomic E-state index is 0.121. The third kappa shape index (κ3) is 3.02. The second-order valence-electron chi connectivity index (χ2n) is 5.70. The van der Waals surface area contributed by atoms with E-state index in [9.17, 15) is 0 Å². The van der Waals surface area contributed by atoms with E-state index in [0.29, 0.717) is 11.8 Å². The normalized spacial score (nSPS) is 12.9. The van der Waals surface area contributed by atoms with Crippen LogP contribution in [0, 0.1) is 6.92 Å². The highest BCUT2D eigenvalue weighted by Crippen LogP contribution is 2.21. The molecule has 1 aromatic heterocycles. The van der Waals surface area contributed by atoms with E-state index in [-0.39, 0.29) is 6.04 Å². The highest BCUT2D eigenvalue weighted by molar-refractivity contribution is 5.85. The number of fused-ring (bicyclic) bond motifs is 1. The second kappa shape index (κ2) is 6.28.